The summed E-state index contributed by atoms with van der Waals surface area (Å²) in [5.74, 6) is 0. The fraction of sp³-hybridized carbons (Fsp3) is 0. The van der Waals surface area contributed by atoms with E-state index in [1.54, 1.807) is 0 Å². The van der Waals surface area contributed by atoms with Gasteiger partial charge >= 0.3 is 0 Å². The number of hydrogen-bond acceptors (Lipinski definition) is 1. The summed E-state index contributed by atoms with van der Waals surface area (Å²) in [5.41, 5.74) is 9.56. The summed E-state index contributed by atoms with van der Waals surface area (Å²) in [5, 5.41) is 17.0. The highest BCUT2D eigenvalue weighted by molar-refractivity contribution is 6.30. The Labute approximate surface area is 328 Å². The third-order valence-electron chi connectivity index (χ3n) is 12.0. The molecule has 2 heteroatoms. The van der Waals surface area contributed by atoms with Gasteiger partial charge in [0.2, 0.25) is 0 Å². The van der Waals surface area contributed by atoms with Gasteiger partial charge in [0.25, 0.3) is 0 Å². The van der Waals surface area contributed by atoms with E-state index in [0.717, 1.165) is 22.1 Å². The highest BCUT2D eigenvalue weighted by Crippen LogP contribution is 2.45. The third-order valence-corrected chi connectivity index (χ3v) is 12.0. The van der Waals surface area contributed by atoms with E-state index >= 15 is 0 Å². The van der Waals surface area contributed by atoms with Gasteiger partial charge in [0.15, 0.2) is 5.69 Å². The van der Waals surface area contributed by atoms with Crippen LogP contribution in [0.15, 0.2) is 192 Å². The zero-order valence-electron chi connectivity index (χ0n) is 30.8. The Morgan fingerprint density at radius 3 is 1.40 bits per heavy atom. The maximum absolute atomic E-state index is 7.45. The van der Waals surface area contributed by atoms with Crippen LogP contribution in [0, 0.1) is 6.57 Å². The minimum atomic E-state index is 0.648. The molecule has 0 N–H and O–H groups in total. The second-order valence-electron chi connectivity index (χ2n) is 15.0. The van der Waals surface area contributed by atoms with Crippen LogP contribution in [0.1, 0.15) is 0 Å². The SMILES string of the molecule is [C-]#[N+]c1ccc(-c2c3ccccc3c(-c3ccc(-c4ccc5c(c4)c4ccccc4c4cc6c(cc54)oc4ccc5ccccc5c46)cc3)c3ccccc23)cc1. The highest BCUT2D eigenvalue weighted by atomic mass is 16.3. The van der Waals surface area contributed by atoms with Gasteiger partial charge in [-0.25, -0.2) is 4.85 Å². The number of hydrogen-bond donors (Lipinski definition) is 0. The smallest absolute Gasteiger partial charge is 0.187 e. The normalized spacial score (nSPS) is 11.8. The van der Waals surface area contributed by atoms with E-state index in [4.69, 9.17) is 11.0 Å². The van der Waals surface area contributed by atoms with E-state index in [9.17, 15) is 0 Å². The van der Waals surface area contributed by atoms with Crippen LogP contribution in [0.4, 0.5) is 5.69 Å². The molecule has 0 fully saturated rings. The van der Waals surface area contributed by atoms with E-state index in [0.29, 0.717) is 5.69 Å². The number of benzene rings is 11. The summed E-state index contributed by atoms with van der Waals surface area (Å²) >= 11 is 0. The van der Waals surface area contributed by atoms with E-state index in [1.807, 2.05) is 12.1 Å². The van der Waals surface area contributed by atoms with Gasteiger partial charge in [-0.05, 0) is 122 Å². The molecule has 0 saturated heterocycles. The lowest BCUT2D eigenvalue weighted by Crippen LogP contribution is -1.91. The topological polar surface area (TPSA) is 17.5 Å². The van der Waals surface area contributed by atoms with E-state index < -0.39 is 0 Å². The molecule has 0 amide bonds. The molecule has 2 nitrogen and oxygen atoms in total. The molecule has 1 heterocycles. The van der Waals surface area contributed by atoms with Crippen LogP contribution in [0.5, 0.6) is 0 Å². The van der Waals surface area contributed by atoms with Crippen LogP contribution in [-0.4, -0.2) is 0 Å². The lowest BCUT2D eigenvalue weighted by molar-refractivity contribution is 0.670. The summed E-state index contributed by atoms with van der Waals surface area (Å²) in [6.45, 7) is 7.45. The molecule has 0 aliphatic carbocycles. The van der Waals surface area contributed by atoms with Gasteiger partial charge in [-0.2, -0.15) is 0 Å². The first kappa shape index (κ1) is 31.6. The molecule has 0 spiro atoms. The average molecular weight is 722 g/mol. The minimum absolute atomic E-state index is 0.648. The van der Waals surface area contributed by atoms with E-state index in [-0.39, 0.29) is 0 Å². The summed E-state index contributed by atoms with van der Waals surface area (Å²) in [7, 11) is 0. The van der Waals surface area contributed by atoms with Gasteiger partial charge in [-0.1, -0.05) is 164 Å². The molecular weight excluding hydrogens is 691 g/mol. The minimum Gasteiger partial charge on any atom is -0.456 e. The third kappa shape index (κ3) is 4.70. The molecule has 12 aromatic rings. The predicted molar refractivity (Wildman–Crippen MR) is 241 cm³/mol. The maximum atomic E-state index is 7.45. The van der Waals surface area contributed by atoms with Crippen molar-refractivity contribution in [3.63, 3.8) is 0 Å². The lowest BCUT2D eigenvalue weighted by atomic mass is 9.85. The number of fused-ring (bicyclic) bond motifs is 13. The molecule has 0 unspecified atom stereocenters. The molecule has 0 bridgehead atoms. The van der Waals surface area contributed by atoms with Crippen molar-refractivity contribution in [3.8, 4) is 33.4 Å². The van der Waals surface area contributed by atoms with Crippen molar-refractivity contribution in [2.75, 3.05) is 0 Å². The van der Waals surface area contributed by atoms with Crippen LogP contribution in [0.3, 0.4) is 0 Å². The van der Waals surface area contributed by atoms with Crippen LogP contribution in [0.25, 0.3) is 125 Å². The standard InChI is InChI=1S/C55H31NO/c1-56-38-26-22-36(23-27-38)54-45-16-8-6-14-43(45)53(44-15-7-9-17-46(44)54)35-20-18-33(19-21-35)37-24-28-42-47(30-37)40-12-4-5-13-41(40)48-31-50-52(32-49(42)48)57-51-29-25-34-10-2-3-11-39(34)55(50)51/h2-32H. The molecule has 57 heavy (non-hydrogen) atoms. The zero-order chi connectivity index (χ0) is 37.6. The molecule has 0 aliphatic heterocycles. The highest BCUT2D eigenvalue weighted by Gasteiger charge is 2.18. The molecule has 1 aromatic heterocycles. The molecule has 0 atom stereocenters. The Kier molecular flexibility index (Phi) is 6.73. The van der Waals surface area contributed by atoms with Crippen LogP contribution >= 0.6 is 0 Å². The van der Waals surface area contributed by atoms with Crippen LogP contribution in [0.2, 0.25) is 0 Å². The van der Waals surface area contributed by atoms with Gasteiger partial charge in [-0.3, -0.25) is 0 Å². The summed E-state index contributed by atoms with van der Waals surface area (Å²) in [6.07, 6.45) is 0. The quantitative estimate of drug-likeness (QED) is 0.101. The first-order valence-corrected chi connectivity index (χ1v) is 19.4. The Bertz CT molecular complexity index is 3620. The number of furan rings is 1. The largest absolute Gasteiger partial charge is 0.456 e. The summed E-state index contributed by atoms with van der Waals surface area (Å²) < 4.78 is 6.55. The van der Waals surface area contributed by atoms with Gasteiger partial charge in [0, 0.05) is 10.8 Å². The van der Waals surface area contributed by atoms with Gasteiger partial charge < -0.3 is 4.42 Å². The van der Waals surface area contributed by atoms with E-state index in [1.165, 1.54) is 97.8 Å². The molecule has 262 valence electrons. The predicted octanol–water partition coefficient (Wildman–Crippen LogP) is 16.1. The second-order valence-corrected chi connectivity index (χ2v) is 15.0. The zero-order valence-corrected chi connectivity index (χ0v) is 30.8. The van der Waals surface area contributed by atoms with Crippen molar-refractivity contribution < 1.29 is 4.42 Å². The maximum Gasteiger partial charge on any atom is 0.187 e. The first-order chi connectivity index (χ1) is 28.2. The molecule has 0 aliphatic rings. The van der Waals surface area contributed by atoms with Crippen molar-refractivity contribution in [3.05, 3.63) is 199 Å². The lowest BCUT2D eigenvalue weighted by Gasteiger charge is -2.18. The fourth-order valence-corrected chi connectivity index (χ4v) is 9.45. The summed E-state index contributed by atoms with van der Waals surface area (Å²) in [6, 6.07) is 67.7. The second kappa shape index (κ2) is 12.1. The Hall–Kier alpha value is -7.73. The molecule has 0 saturated carbocycles. The average Bonchev–Trinajstić information content (AvgIpc) is 3.66. The first-order valence-electron chi connectivity index (χ1n) is 19.4. The Balaban J connectivity index is 1.02. The van der Waals surface area contributed by atoms with Gasteiger partial charge in [0.05, 0.1) is 6.57 Å². The van der Waals surface area contributed by atoms with Crippen LogP contribution in [-0.2, 0) is 0 Å². The van der Waals surface area contributed by atoms with Crippen molar-refractivity contribution >= 4 is 92.3 Å². The fourth-order valence-electron chi connectivity index (χ4n) is 9.45. The number of rotatable bonds is 3. The van der Waals surface area contributed by atoms with Gasteiger partial charge in [-0.15, -0.1) is 0 Å². The van der Waals surface area contributed by atoms with Gasteiger partial charge in [0.1, 0.15) is 11.2 Å². The molecule has 0 radical (unpaired) electrons. The number of nitrogens with zero attached hydrogens (tertiary/aromatic N) is 1. The summed E-state index contributed by atoms with van der Waals surface area (Å²) in [4.78, 5) is 3.62. The Morgan fingerprint density at radius 2 is 0.789 bits per heavy atom. The van der Waals surface area contributed by atoms with Crippen LogP contribution < -0.4 is 0 Å². The van der Waals surface area contributed by atoms with E-state index in [2.05, 4.69) is 181 Å². The van der Waals surface area contributed by atoms with Crippen molar-refractivity contribution in [1.82, 2.24) is 0 Å². The van der Waals surface area contributed by atoms with Crippen molar-refractivity contribution in [2.24, 2.45) is 0 Å². The molecule has 12 rings (SSSR count). The van der Waals surface area contributed by atoms with Crippen molar-refractivity contribution in [2.45, 2.75) is 0 Å². The van der Waals surface area contributed by atoms with Crippen molar-refractivity contribution in [1.29, 1.82) is 0 Å². The monoisotopic (exact) mass is 721 g/mol. The molecular formula is C55H31NO. The molecule has 11 aromatic carbocycles. The Morgan fingerprint density at radius 1 is 0.316 bits per heavy atom.